The maximum Gasteiger partial charge on any atom is 0.202 e. The summed E-state index contributed by atoms with van der Waals surface area (Å²) in [6, 6.07) is 11.2. The molecule has 0 spiro atoms. The number of Topliss-reactive ketones (excluding diaryl/α,β-unsaturated/α-hetero) is 1. The summed E-state index contributed by atoms with van der Waals surface area (Å²) in [5.41, 5.74) is 0.552. The number of ether oxygens (including phenoxy) is 1. The Morgan fingerprint density at radius 2 is 1.75 bits per heavy atom. The third kappa shape index (κ3) is 3.90. The van der Waals surface area contributed by atoms with Crippen LogP contribution in [-0.2, 0) is 0 Å². The largest absolute Gasteiger partial charge is 0.482 e. The van der Waals surface area contributed by atoms with Gasteiger partial charge in [0.1, 0.15) is 11.6 Å². The van der Waals surface area contributed by atoms with Crippen LogP contribution in [0.15, 0.2) is 51.4 Å². The smallest absolute Gasteiger partial charge is 0.202 e. The van der Waals surface area contributed by atoms with Gasteiger partial charge in [-0.1, -0.05) is 44.0 Å². The van der Waals surface area contributed by atoms with Gasteiger partial charge in [-0.2, -0.15) is 0 Å². The van der Waals surface area contributed by atoms with Crippen molar-refractivity contribution >= 4 is 37.6 Å². The minimum atomic E-state index is -0.690. The predicted molar refractivity (Wildman–Crippen MR) is 82.7 cm³/mol. The Hall–Kier alpha value is -1.20. The lowest BCUT2D eigenvalue weighted by molar-refractivity contribution is 0.0817. The maximum absolute atomic E-state index is 13.2. The number of hydrogen-bond donors (Lipinski definition) is 0. The Kier molecular flexibility index (Phi) is 4.94. The molecule has 0 bridgehead atoms. The van der Waals surface area contributed by atoms with Crippen molar-refractivity contribution in [3.63, 3.8) is 0 Å². The van der Waals surface area contributed by atoms with Gasteiger partial charge in [-0.3, -0.25) is 4.79 Å². The van der Waals surface area contributed by atoms with Crippen molar-refractivity contribution in [1.82, 2.24) is 0 Å². The number of benzene rings is 2. The van der Waals surface area contributed by atoms with Crippen molar-refractivity contribution < 1.29 is 13.9 Å². The molecule has 0 aromatic heterocycles. The fourth-order valence-electron chi connectivity index (χ4n) is 1.70. The van der Waals surface area contributed by atoms with Crippen molar-refractivity contribution in [2.24, 2.45) is 0 Å². The topological polar surface area (TPSA) is 26.3 Å². The standard InChI is InChI=1S/C15H11Br2FO2/c1-9(15(19)10-2-4-11(16)5-3-10)20-14-7-12(17)6-13(18)8-14/h2-9H,1H3. The molecule has 2 aromatic carbocycles. The number of carbonyl (C=O) groups excluding carboxylic acids is 1. The molecule has 104 valence electrons. The number of ketones is 1. The van der Waals surface area contributed by atoms with Crippen LogP contribution in [0.2, 0.25) is 0 Å². The molecule has 0 aliphatic carbocycles. The van der Waals surface area contributed by atoms with Crippen molar-refractivity contribution in [1.29, 1.82) is 0 Å². The first kappa shape index (κ1) is 15.2. The van der Waals surface area contributed by atoms with E-state index in [0.717, 1.165) is 4.47 Å². The Morgan fingerprint density at radius 3 is 2.35 bits per heavy atom. The van der Waals surface area contributed by atoms with Gasteiger partial charge >= 0.3 is 0 Å². The molecule has 20 heavy (non-hydrogen) atoms. The van der Waals surface area contributed by atoms with Crippen LogP contribution in [-0.4, -0.2) is 11.9 Å². The lowest BCUT2D eigenvalue weighted by Crippen LogP contribution is -2.23. The van der Waals surface area contributed by atoms with E-state index in [1.807, 2.05) is 0 Å². The minimum absolute atomic E-state index is 0.155. The first-order chi connectivity index (χ1) is 9.45. The third-order valence-corrected chi connectivity index (χ3v) is 3.63. The number of hydrogen-bond acceptors (Lipinski definition) is 2. The molecule has 0 N–H and O–H groups in total. The lowest BCUT2D eigenvalue weighted by atomic mass is 10.1. The molecule has 0 heterocycles. The second kappa shape index (κ2) is 6.50. The summed E-state index contributed by atoms with van der Waals surface area (Å²) in [7, 11) is 0. The van der Waals surface area contributed by atoms with E-state index in [9.17, 15) is 9.18 Å². The number of carbonyl (C=O) groups is 1. The molecule has 2 nitrogen and oxygen atoms in total. The molecule has 0 saturated carbocycles. The quantitative estimate of drug-likeness (QED) is 0.673. The van der Waals surface area contributed by atoms with Gasteiger partial charge in [0.15, 0.2) is 6.10 Å². The van der Waals surface area contributed by atoms with Crippen LogP contribution in [0.4, 0.5) is 4.39 Å². The third-order valence-electron chi connectivity index (χ3n) is 2.65. The Labute approximate surface area is 133 Å². The molecule has 0 saturated heterocycles. The SMILES string of the molecule is CC(Oc1cc(F)cc(Br)c1)C(=O)c1ccc(Br)cc1. The summed E-state index contributed by atoms with van der Waals surface area (Å²) in [5, 5.41) is 0. The van der Waals surface area contributed by atoms with E-state index in [-0.39, 0.29) is 5.78 Å². The molecule has 0 fully saturated rings. The Morgan fingerprint density at radius 1 is 1.10 bits per heavy atom. The molecule has 2 aromatic rings. The molecule has 0 radical (unpaired) electrons. The maximum atomic E-state index is 13.2. The van der Waals surface area contributed by atoms with E-state index < -0.39 is 11.9 Å². The van der Waals surface area contributed by atoms with Gasteiger partial charge in [0.2, 0.25) is 5.78 Å². The van der Waals surface area contributed by atoms with E-state index in [4.69, 9.17) is 4.74 Å². The average molecular weight is 402 g/mol. The van der Waals surface area contributed by atoms with Crippen LogP contribution in [0.3, 0.4) is 0 Å². The second-order valence-electron chi connectivity index (χ2n) is 4.24. The molecule has 1 atom stereocenters. The lowest BCUT2D eigenvalue weighted by Gasteiger charge is -2.14. The average Bonchev–Trinajstić information content (AvgIpc) is 2.37. The molecule has 2 rings (SSSR count). The molecule has 0 amide bonds. The zero-order chi connectivity index (χ0) is 14.7. The first-order valence-corrected chi connectivity index (χ1v) is 7.47. The fraction of sp³-hybridized carbons (Fsp3) is 0.133. The van der Waals surface area contributed by atoms with Gasteiger partial charge in [-0.15, -0.1) is 0 Å². The summed E-state index contributed by atoms with van der Waals surface area (Å²) >= 11 is 6.49. The Bertz CT molecular complexity index is 606. The van der Waals surface area contributed by atoms with Gasteiger partial charge < -0.3 is 4.74 Å². The van der Waals surface area contributed by atoms with Crippen molar-refractivity contribution in [2.45, 2.75) is 13.0 Å². The molecule has 5 heteroatoms. The van der Waals surface area contributed by atoms with E-state index in [2.05, 4.69) is 31.9 Å². The molecule has 1 unspecified atom stereocenters. The van der Waals surface area contributed by atoms with Gasteiger partial charge in [0.25, 0.3) is 0 Å². The van der Waals surface area contributed by atoms with E-state index in [1.165, 1.54) is 12.1 Å². The summed E-state index contributed by atoms with van der Waals surface area (Å²) in [4.78, 5) is 12.2. The Balaban J connectivity index is 2.13. The predicted octanol–water partition coefficient (Wildman–Crippen LogP) is 5.00. The molecular weight excluding hydrogens is 391 g/mol. The monoisotopic (exact) mass is 400 g/mol. The number of rotatable bonds is 4. The molecular formula is C15H11Br2FO2. The molecule has 0 aliphatic heterocycles. The van der Waals surface area contributed by atoms with Crippen LogP contribution in [0.5, 0.6) is 5.75 Å². The van der Waals surface area contributed by atoms with Crippen molar-refractivity contribution in [2.75, 3.05) is 0 Å². The molecule has 0 aliphatic rings. The van der Waals surface area contributed by atoms with Crippen LogP contribution < -0.4 is 4.74 Å². The van der Waals surface area contributed by atoms with E-state index in [1.54, 1.807) is 37.3 Å². The van der Waals surface area contributed by atoms with Gasteiger partial charge in [-0.05, 0) is 31.2 Å². The zero-order valence-electron chi connectivity index (χ0n) is 10.6. The minimum Gasteiger partial charge on any atom is -0.482 e. The number of halogens is 3. The van der Waals surface area contributed by atoms with Gasteiger partial charge in [0.05, 0.1) is 0 Å². The second-order valence-corrected chi connectivity index (χ2v) is 6.07. The van der Waals surface area contributed by atoms with Gasteiger partial charge in [0, 0.05) is 20.6 Å². The van der Waals surface area contributed by atoms with Gasteiger partial charge in [-0.25, -0.2) is 4.39 Å². The van der Waals surface area contributed by atoms with Crippen LogP contribution in [0, 0.1) is 5.82 Å². The summed E-state index contributed by atoms with van der Waals surface area (Å²) in [6.45, 7) is 1.64. The normalized spacial score (nSPS) is 12.0. The van der Waals surface area contributed by atoms with Crippen LogP contribution in [0.25, 0.3) is 0 Å². The van der Waals surface area contributed by atoms with Crippen LogP contribution in [0.1, 0.15) is 17.3 Å². The van der Waals surface area contributed by atoms with E-state index >= 15 is 0 Å². The fourth-order valence-corrected chi connectivity index (χ4v) is 2.41. The zero-order valence-corrected chi connectivity index (χ0v) is 13.7. The highest BCUT2D eigenvalue weighted by Crippen LogP contribution is 2.22. The van der Waals surface area contributed by atoms with Crippen molar-refractivity contribution in [3.05, 3.63) is 62.8 Å². The van der Waals surface area contributed by atoms with Crippen molar-refractivity contribution in [3.8, 4) is 5.75 Å². The summed E-state index contributed by atoms with van der Waals surface area (Å²) in [5.74, 6) is -0.259. The summed E-state index contributed by atoms with van der Waals surface area (Å²) < 4.78 is 20.2. The summed E-state index contributed by atoms with van der Waals surface area (Å²) in [6.07, 6.45) is -0.690. The van der Waals surface area contributed by atoms with E-state index in [0.29, 0.717) is 15.8 Å². The highest BCUT2D eigenvalue weighted by Gasteiger charge is 2.17. The first-order valence-electron chi connectivity index (χ1n) is 5.88. The van der Waals surface area contributed by atoms with Crippen LogP contribution >= 0.6 is 31.9 Å². The highest BCUT2D eigenvalue weighted by molar-refractivity contribution is 9.10. The highest BCUT2D eigenvalue weighted by atomic mass is 79.9.